The number of ether oxygens (including phenoxy) is 1. The molecule has 24 heavy (non-hydrogen) atoms. The van der Waals surface area contributed by atoms with Gasteiger partial charge >= 0.3 is 5.97 Å². The summed E-state index contributed by atoms with van der Waals surface area (Å²) in [6.07, 6.45) is 0.704. The van der Waals surface area contributed by atoms with Gasteiger partial charge in [-0.3, -0.25) is 4.79 Å². The van der Waals surface area contributed by atoms with Crippen LogP contribution in [0.25, 0.3) is 0 Å². The summed E-state index contributed by atoms with van der Waals surface area (Å²) in [6, 6.07) is 7.36. The molecule has 0 bridgehead atoms. The second kappa shape index (κ2) is 7.29. The van der Waals surface area contributed by atoms with E-state index in [9.17, 15) is 9.59 Å². The molecule has 1 N–H and O–H groups in total. The zero-order valence-corrected chi connectivity index (χ0v) is 14.7. The molecule has 0 saturated carbocycles. The minimum atomic E-state index is -0.909. The van der Waals surface area contributed by atoms with Gasteiger partial charge in [0.15, 0.2) is 6.10 Å². The number of nitrogens with zero attached hydrogens (tertiary/aromatic N) is 2. The number of aryl methyl sites for hydroxylation is 2. The molecule has 2 rings (SSSR count). The van der Waals surface area contributed by atoms with Crippen LogP contribution >= 0.6 is 0 Å². The molecule has 0 saturated heterocycles. The number of carbonyl (C=O) groups is 2. The minimum Gasteiger partial charge on any atom is -0.449 e. The number of nitrogens with one attached hydrogen (secondary N) is 1. The van der Waals surface area contributed by atoms with Gasteiger partial charge < -0.3 is 10.1 Å². The summed E-state index contributed by atoms with van der Waals surface area (Å²) < 4.78 is 6.99. The van der Waals surface area contributed by atoms with E-state index in [1.165, 1.54) is 0 Å². The quantitative estimate of drug-likeness (QED) is 0.855. The van der Waals surface area contributed by atoms with E-state index in [2.05, 4.69) is 10.4 Å². The Kier molecular flexibility index (Phi) is 5.39. The zero-order valence-electron chi connectivity index (χ0n) is 14.7. The number of carbonyl (C=O) groups excluding carboxylic acids is 2. The first kappa shape index (κ1) is 17.7. The van der Waals surface area contributed by atoms with Gasteiger partial charge in [-0.25, -0.2) is 9.48 Å². The fourth-order valence-electron chi connectivity index (χ4n) is 2.29. The van der Waals surface area contributed by atoms with Crippen LogP contribution in [0.2, 0.25) is 0 Å². The maximum Gasteiger partial charge on any atom is 0.339 e. The number of amides is 1. The topological polar surface area (TPSA) is 73.2 Å². The van der Waals surface area contributed by atoms with E-state index < -0.39 is 18.0 Å². The van der Waals surface area contributed by atoms with Gasteiger partial charge in [-0.2, -0.15) is 5.10 Å². The number of anilines is 1. The maximum atomic E-state index is 12.3. The molecule has 0 radical (unpaired) electrons. The lowest BCUT2D eigenvalue weighted by atomic mass is 10.1. The van der Waals surface area contributed by atoms with Gasteiger partial charge in [0, 0.05) is 12.1 Å². The van der Waals surface area contributed by atoms with Crippen LogP contribution in [0, 0.1) is 13.8 Å². The summed E-state index contributed by atoms with van der Waals surface area (Å²) in [7, 11) is 0. The van der Waals surface area contributed by atoms with Gasteiger partial charge in [0.25, 0.3) is 5.91 Å². The third kappa shape index (κ3) is 4.01. The number of hydrogen-bond donors (Lipinski definition) is 1. The molecule has 1 heterocycles. The lowest BCUT2D eigenvalue weighted by Gasteiger charge is -2.16. The van der Waals surface area contributed by atoms with Gasteiger partial charge in [0.05, 0.1) is 11.8 Å². The normalized spacial score (nSPS) is 12.1. The van der Waals surface area contributed by atoms with E-state index in [0.717, 1.165) is 11.1 Å². The summed E-state index contributed by atoms with van der Waals surface area (Å²) in [5.74, 6) is -0.322. The highest BCUT2D eigenvalue weighted by atomic mass is 16.5. The van der Waals surface area contributed by atoms with Crippen LogP contribution in [-0.4, -0.2) is 27.8 Å². The summed E-state index contributed by atoms with van der Waals surface area (Å²) in [5.41, 5.74) is 2.25. The molecule has 0 unspecified atom stereocenters. The molecule has 0 aliphatic rings. The van der Waals surface area contributed by atoms with Crippen LogP contribution < -0.4 is 5.32 Å². The van der Waals surface area contributed by atoms with Crippen molar-refractivity contribution < 1.29 is 14.3 Å². The molecule has 1 aromatic carbocycles. The standard InChI is InChI=1S/C18H23N3O3/c1-11(2)21-16(8-9-19-21)20-17(22)14(5)24-18(23)15-10-12(3)6-7-13(15)4/h6-11,14H,1-5H3,(H,20,22)/t14-/m1/s1. The second-order valence-corrected chi connectivity index (χ2v) is 6.11. The lowest BCUT2D eigenvalue weighted by molar-refractivity contribution is -0.123. The van der Waals surface area contributed by atoms with Crippen LogP contribution in [0.1, 0.15) is 48.3 Å². The van der Waals surface area contributed by atoms with Crippen molar-refractivity contribution in [1.82, 2.24) is 9.78 Å². The number of hydrogen-bond acceptors (Lipinski definition) is 4. The van der Waals surface area contributed by atoms with Crippen molar-refractivity contribution in [3.8, 4) is 0 Å². The fourth-order valence-corrected chi connectivity index (χ4v) is 2.29. The average Bonchev–Trinajstić information content (AvgIpc) is 2.97. The maximum absolute atomic E-state index is 12.3. The second-order valence-electron chi connectivity index (χ2n) is 6.11. The lowest BCUT2D eigenvalue weighted by Crippen LogP contribution is -2.31. The molecule has 0 aliphatic carbocycles. The van der Waals surface area contributed by atoms with Crippen molar-refractivity contribution in [3.05, 3.63) is 47.2 Å². The largest absolute Gasteiger partial charge is 0.449 e. The van der Waals surface area contributed by atoms with Crippen molar-refractivity contribution in [2.24, 2.45) is 0 Å². The summed E-state index contributed by atoms with van der Waals surface area (Å²) >= 11 is 0. The molecule has 1 atom stereocenters. The number of aromatic nitrogens is 2. The van der Waals surface area contributed by atoms with E-state index in [0.29, 0.717) is 11.4 Å². The molecule has 2 aromatic rings. The van der Waals surface area contributed by atoms with Crippen molar-refractivity contribution in [2.75, 3.05) is 5.32 Å². The third-order valence-corrected chi connectivity index (χ3v) is 3.68. The Morgan fingerprint density at radius 3 is 2.54 bits per heavy atom. The van der Waals surface area contributed by atoms with Crippen LogP contribution in [0.3, 0.4) is 0 Å². The molecule has 1 amide bonds. The molecule has 0 spiro atoms. The highest BCUT2D eigenvalue weighted by molar-refractivity contribution is 5.97. The van der Waals surface area contributed by atoms with E-state index in [1.54, 1.807) is 29.9 Å². The Balaban J connectivity index is 2.04. The van der Waals surface area contributed by atoms with Gasteiger partial charge in [0.2, 0.25) is 0 Å². The summed E-state index contributed by atoms with van der Waals surface area (Å²) in [5, 5.41) is 6.89. The Bertz CT molecular complexity index is 750. The van der Waals surface area contributed by atoms with E-state index in [-0.39, 0.29) is 6.04 Å². The molecule has 0 fully saturated rings. The predicted molar refractivity (Wildman–Crippen MR) is 92.0 cm³/mol. The van der Waals surface area contributed by atoms with Gasteiger partial charge in [-0.05, 0) is 46.2 Å². The number of rotatable bonds is 5. The van der Waals surface area contributed by atoms with Crippen LogP contribution in [0.15, 0.2) is 30.5 Å². The third-order valence-electron chi connectivity index (χ3n) is 3.68. The highest BCUT2D eigenvalue weighted by Crippen LogP contribution is 2.15. The van der Waals surface area contributed by atoms with Crippen molar-refractivity contribution in [2.45, 2.75) is 46.8 Å². The highest BCUT2D eigenvalue weighted by Gasteiger charge is 2.21. The average molecular weight is 329 g/mol. The Hall–Kier alpha value is -2.63. The number of esters is 1. The molecule has 0 aliphatic heterocycles. The van der Waals surface area contributed by atoms with Gasteiger partial charge in [0.1, 0.15) is 5.82 Å². The fraction of sp³-hybridized carbons (Fsp3) is 0.389. The predicted octanol–water partition coefficient (Wildman–Crippen LogP) is 3.26. The summed E-state index contributed by atoms with van der Waals surface area (Å²) in [4.78, 5) is 24.6. The summed E-state index contributed by atoms with van der Waals surface area (Å²) in [6.45, 7) is 9.22. The molecule has 128 valence electrons. The van der Waals surface area contributed by atoms with E-state index >= 15 is 0 Å². The van der Waals surface area contributed by atoms with Gasteiger partial charge in [-0.1, -0.05) is 17.7 Å². The first-order valence-corrected chi connectivity index (χ1v) is 7.92. The first-order chi connectivity index (χ1) is 11.3. The Morgan fingerprint density at radius 1 is 1.17 bits per heavy atom. The van der Waals surface area contributed by atoms with Crippen LogP contribution in [-0.2, 0) is 9.53 Å². The Labute approximate surface area is 141 Å². The zero-order chi connectivity index (χ0) is 17.9. The minimum absolute atomic E-state index is 0.114. The van der Waals surface area contributed by atoms with Crippen molar-refractivity contribution in [1.29, 1.82) is 0 Å². The molecule has 1 aromatic heterocycles. The number of benzene rings is 1. The van der Waals surface area contributed by atoms with Gasteiger partial charge in [-0.15, -0.1) is 0 Å². The SMILES string of the molecule is Cc1ccc(C)c(C(=O)O[C@H](C)C(=O)Nc2ccnn2C(C)C)c1. The monoisotopic (exact) mass is 329 g/mol. The van der Waals surface area contributed by atoms with Crippen LogP contribution in [0.4, 0.5) is 5.82 Å². The smallest absolute Gasteiger partial charge is 0.339 e. The van der Waals surface area contributed by atoms with E-state index in [1.807, 2.05) is 39.8 Å². The Morgan fingerprint density at radius 2 is 1.88 bits per heavy atom. The van der Waals surface area contributed by atoms with Crippen LogP contribution in [0.5, 0.6) is 0 Å². The molecular weight excluding hydrogens is 306 g/mol. The van der Waals surface area contributed by atoms with Crippen molar-refractivity contribution >= 4 is 17.7 Å². The first-order valence-electron chi connectivity index (χ1n) is 7.92. The van der Waals surface area contributed by atoms with Crippen molar-refractivity contribution in [3.63, 3.8) is 0 Å². The van der Waals surface area contributed by atoms with E-state index in [4.69, 9.17) is 4.74 Å². The molecular formula is C18H23N3O3. The molecule has 6 heteroatoms. The molecule has 6 nitrogen and oxygen atoms in total.